The molecule has 2 unspecified atom stereocenters. The second kappa shape index (κ2) is 6.84. The van der Waals surface area contributed by atoms with Gasteiger partial charge in [0.1, 0.15) is 5.82 Å². The fraction of sp³-hybridized carbons (Fsp3) is 0.562. The normalized spacial score (nSPS) is 18.9. The van der Waals surface area contributed by atoms with Crippen LogP contribution in [0.5, 0.6) is 0 Å². The van der Waals surface area contributed by atoms with Crippen LogP contribution in [0.2, 0.25) is 0 Å². The summed E-state index contributed by atoms with van der Waals surface area (Å²) in [5.74, 6) is -0.0749. The zero-order valence-corrected chi connectivity index (χ0v) is 11.9. The molecule has 1 saturated carbocycles. The van der Waals surface area contributed by atoms with E-state index in [9.17, 15) is 9.18 Å². The third-order valence-corrected chi connectivity index (χ3v) is 4.08. The van der Waals surface area contributed by atoms with E-state index in [-0.39, 0.29) is 30.2 Å². The first-order valence-electron chi connectivity index (χ1n) is 7.36. The lowest BCUT2D eigenvalue weighted by atomic mass is 9.90. The van der Waals surface area contributed by atoms with Gasteiger partial charge in [0.2, 0.25) is 5.91 Å². The number of rotatable bonds is 6. The lowest BCUT2D eigenvalue weighted by Gasteiger charge is -2.28. The highest BCUT2D eigenvalue weighted by atomic mass is 19.1. The lowest BCUT2D eigenvalue weighted by Crippen LogP contribution is -2.37. The highest BCUT2D eigenvalue weighted by molar-refractivity contribution is 5.74. The molecule has 1 aliphatic carbocycles. The zero-order valence-electron chi connectivity index (χ0n) is 11.9. The van der Waals surface area contributed by atoms with Crippen molar-refractivity contribution in [1.82, 2.24) is 5.32 Å². The van der Waals surface area contributed by atoms with Gasteiger partial charge in [0.25, 0.3) is 0 Å². The number of hydrogen-bond acceptors (Lipinski definition) is 2. The highest BCUT2D eigenvalue weighted by Gasteiger charge is 2.29. The van der Waals surface area contributed by atoms with Gasteiger partial charge in [-0.25, -0.2) is 4.39 Å². The number of nitrogens with two attached hydrogens (primary N) is 1. The van der Waals surface area contributed by atoms with E-state index < -0.39 is 0 Å². The number of primary amides is 1. The Balaban J connectivity index is 2.16. The Kier molecular flexibility index (Phi) is 5.12. The van der Waals surface area contributed by atoms with Crippen molar-refractivity contribution in [1.29, 1.82) is 0 Å². The van der Waals surface area contributed by atoms with Gasteiger partial charge < -0.3 is 11.1 Å². The van der Waals surface area contributed by atoms with Crippen molar-refractivity contribution in [2.45, 2.75) is 51.1 Å². The molecule has 3 nitrogen and oxygen atoms in total. The average molecular weight is 278 g/mol. The molecule has 2 rings (SSSR count). The number of amides is 1. The molecule has 3 N–H and O–H groups in total. The molecule has 0 spiro atoms. The highest BCUT2D eigenvalue weighted by Crippen LogP contribution is 2.36. The van der Waals surface area contributed by atoms with Crippen molar-refractivity contribution >= 4 is 5.91 Å². The number of halogens is 1. The second-order valence-corrected chi connectivity index (χ2v) is 5.78. The number of nitrogens with one attached hydrogen (secondary N) is 1. The maximum absolute atomic E-state index is 14.1. The second-order valence-electron chi connectivity index (χ2n) is 5.78. The van der Waals surface area contributed by atoms with Gasteiger partial charge in [-0.2, -0.15) is 0 Å². The molecule has 0 aromatic heterocycles. The summed E-state index contributed by atoms with van der Waals surface area (Å²) < 4.78 is 14.1. The molecular formula is C16H23FN2O. The largest absolute Gasteiger partial charge is 0.370 e. The summed E-state index contributed by atoms with van der Waals surface area (Å²) in [7, 11) is 0. The van der Waals surface area contributed by atoms with Crippen molar-refractivity contribution in [2.75, 3.05) is 0 Å². The molecule has 1 aliphatic rings. The number of hydrogen-bond donors (Lipinski definition) is 2. The van der Waals surface area contributed by atoms with Gasteiger partial charge in [0.05, 0.1) is 0 Å². The van der Waals surface area contributed by atoms with Crippen molar-refractivity contribution < 1.29 is 9.18 Å². The Hall–Kier alpha value is -1.42. The van der Waals surface area contributed by atoms with E-state index in [0.29, 0.717) is 11.5 Å². The Labute approximate surface area is 119 Å². The predicted molar refractivity (Wildman–Crippen MR) is 77.5 cm³/mol. The SMILES string of the molecule is CC(CC(N)=O)NC(c1ccccc1F)C1CCCC1. The van der Waals surface area contributed by atoms with E-state index in [1.807, 2.05) is 19.1 Å². The summed E-state index contributed by atoms with van der Waals surface area (Å²) in [5, 5.41) is 3.41. The third kappa shape index (κ3) is 3.79. The molecule has 1 aromatic rings. The lowest BCUT2D eigenvalue weighted by molar-refractivity contribution is -0.118. The molecule has 4 heteroatoms. The van der Waals surface area contributed by atoms with E-state index in [2.05, 4.69) is 5.32 Å². The first kappa shape index (κ1) is 15.0. The standard InChI is InChI=1S/C16H23FN2O/c1-11(10-15(18)20)19-16(12-6-2-3-7-12)13-8-4-5-9-14(13)17/h4-5,8-9,11-12,16,19H,2-3,6-7,10H2,1H3,(H2,18,20). The van der Waals surface area contributed by atoms with Gasteiger partial charge in [0.15, 0.2) is 0 Å². The zero-order chi connectivity index (χ0) is 14.5. The topological polar surface area (TPSA) is 55.1 Å². The number of benzene rings is 1. The van der Waals surface area contributed by atoms with Crippen LogP contribution in [-0.4, -0.2) is 11.9 Å². The predicted octanol–water partition coefficient (Wildman–Crippen LogP) is 2.91. The van der Waals surface area contributed by atoms with Crippen molar-refractivity contribution in [3.63, 3.8) is 0 Å². The molecular weight excluding hydrogens is 255 g/mol. The van der Waals surface area contributed by atoms with Crippen LogP contribution in [0.4, 0.5) is 4.39 Å². The summed E-state index contributed by atoms with van der Waals surface area (Å²) in [4.78, 5) is 11.0. The average Bonchev–Trinajstić information content (AvgIpc) is 2.89. The van der Waals surface area contributed by atoms with Gasteiger partial charge in [-0.15, -0.1) is 0 Å². The number of carbonyl (C=O) groups excluding carboxylic acids is 1. The van der Waals surface area contributed by atoms with Crippen molar-refractivity contribution in [2.24, 2.45) is 11.7 Å². The van der Waals surface area contributed by atoms with E-state index >= 15 is 0 Å². The fourth-order valence-corrected chi connectivity index (χ4v) is 3.17. The summed E-state index contributed by atoms with van der Waals surface area (Å²) in [5.41, 5.74) is 5.94. The quantitative estimate of drug-likeness (QED) is 0.840. The van der Waals surface area contributed by atoms with Crippen LogP contribution in [0.3, 0.4) is 0 Å². The van der Waals surface area contributed by atoms with Gasteiger partial charge in [0, 0.05) is 24.1 Å². The smallest absolute Gasteiger partial charge is 0.218 e. The molecule has 1 aromatic carbocycles. The van der Waals surface area contributed by atoms with Crippen LogP contribution in [0.15, 0.2) is 24.3 Å². The molecule has 0 heterocycles. The molecule has 2 atom stereocenters. The molecule has 1 amide bonds. The van der Waals surface area contributed by atoms with Gasteiger partial charge >= 0.3 is 0 Å². The van der Waals surface area contributed by atoms with Gasteiger partial charge in [-0.1, -0.05) is 31.0 Å². The molecule has 0 bridgehead atoms. The molecule has 20 heavy (non-hydrogen) atoms. The van der Waals surface area contributed by atoms with Crippen LogP contribution in [0.1, 0.15) is 50.6 Å². The minimum atomic E-state index is -0.330. The van der Waals surface area contributed by atoms with Crippen LogP contribution in [0.25, 0.3) is 0 Å². The van der Waals surface area contributed by atoms with E-state index in [0.717, 1.165) is 12.8 Å². The summed E-state index contributed by atoms with van der Waals surface area (Å²) in [6.45, 7) is 1.92. The first-order valence-corrected chi connectivity index (χ1v) is 7.36. The first-order chi connectivity index (χ1) is 9.58. The van der Waals surface area contributed by atoms with E-state index in [1.54, 1.807) is 6.07 Å². The van der Waals surface area contributed by atoms with E-state index in [4.69, 9.17) is 5.73 Å². The summed E-state index contributed by atoms with van der Waals surface area (Å²) in [6, 6.07) is 6.82. The summed E-state index contributed by atoms with van der Waals surface area (Å²) >= 11 is 0. The van der Waals surface area contributed by atoms with Gasteiger partial charge in [-0.05, 0) is 31.7 Å². The molecule has 1 fully saturated rings. The molecule has 0 radical (unpaired) electrons. The van der Waals surface area contributed by atoms with Crippen LogP contribution in [-0.2, 0) is 4.79 Å². The number of carbonyl (C=O) groups is 1. The maximum Gasteiger partial charge on any atom is 0.218 e. The monoisotopic (exact) mass is 278 g/mol. The minimum absolute atomic E-state index is 0.0342. The minimum Gasteiger partial charge on any atom is -0.370 e. The van der Waals surface area contributed by atoms with Crippen molar-refractivity contribution in [3.05, 3.63) is 35.6 Å². The summed E-state index contributed by atoms with van der Waals surface area (Å²) in [6.07, 6.45) is 4.88. The van der Waals surface area contributed by atoms with Crippen LogP contribution in [0, 0.1) is 11.7 Å². The Morgan fingerprint density at radius 2 is 2.05 bits per heavy atom. The Morgan fingerprint density at radius 1 is 1.40 bits per heavy atom. The molecule has 110 valence electrons. The molecule has 0 aliphatic heterocycles. The maximum atomic E-state index is 14.1. The third-order valence-electron chi connectivity index (χ3n) is 4.08. The molecule has 0 saturated heterocycles. The van der Waals surface area contributed by atoms with Crippen LogP contribution < -0.4 is 11.1 Å². The van der Waals surface area contributed by atoms with Crippen molar-refractivity contribution in [3.8, 4) is 0 Å². The van der Waals surface area contributed by atoms with Crippen LogP contribution >= 0.6 is 0 Å². The Morgan fingerprint density at radius 3 is 2.65 bits per heavy atom. The fourth-order valence-electron chi connectivity index (χ4n) is 3.17. The van der Waals surface area contributed by atoms with E-state index in [1.165, 1.54) is 18.9 Å². The Bertz CT molecular complexity index is 458. The van der Waals surface area contributed by atoms with Gasteiger partial charge in [-0.3, -0.25) is 4.79 Å².